The van der Waals surface area contributed by atoms with Crippen molar-refractivity contribution < 1.29 is 12.8 Å². The van der Waals surface area contributed by atoms with Crippen LogP contribution in [0.25, 0.3) is 11.6 Å². The van der Waals surface area contributed by atoms with E-state index in [1.165, 1.54) is 0 Å². The molecule has 132 valence electrons. The molecule has 2 heterocycles. The summed E-state index contributed by atoms with van der Waals surface area (Å²) in [5.41, 5.74) is 4.21. The van der Waals surface area contributed by atoms with Gasteiger partial charge >= 0.3 is 0 Å². The maximum Gasteiger partial charge on any atom is 0.264 e. The van der Waals surface area contributed by atoms with Gasteiger partial charge in [-0.1, -0.05) is 6.07 Å². The summed E-state index contributed by atoms with van der Waals surface area (Å²) >= 11 is 0. The van der Waals surface area contributed by atoms with Crippen LogP contribution in [0.5, 0.6) is 0 Å². The number of sulfonamides is 1. The minimum absolute atomic E-state index is 0.191. The summed E-state index contributed by atoms with van der Waals surface area (Å²) in [6.07, 6.45) is 0. The van der Waals surface area contributed by atoms with E-state index in [4.69, 9.17) is 4.42 Å². The summed E-state index contributed by atoms with van der Waals surface area (Å²) in [4.78, 5) is 3.23. The lowest BCUT2D eigenvalue weighted by Crippen LogP contribution is -2.14. The lowest BCUT2D eigenvalue weighted by atomic mass is 10.1. The SMILES string of the molecule is Cc1nnc(-c2[nH]c(C)c(S(=O)(=O)Nc3ccc(C)c(C)c3)c2C)o1. The number of benzene rings is 1. The van der Waals surface area contributed by atoms with Crippen molar-refractivity contribution in [2.75, 3.05) is 4.72 Å². The predicted molar refractivity (Wildman–Crippen MR) is 95.0 cm³/mol. The molecular formula is C17H20N4O3S. The van der Waals surface area contributed by atoms with Crippen LogP contribution in [0.4, 0.5) is 5.69 Å². The lowest BCUT2D eigenvalue weighted by molar-refractivity contribution is 0.531. The van der Waals surface area contributed by atoms with Crippen molar-refractivity contribution in [3.8, 4) is 11.6 Å². The average molecular weight is 360 g/mol. The summed E-state index contributed by atoms with van der Waals surface area (Å²) < 4.78 is 33.8. The number of aryl methyl sites for hydroxylation is 4. The van der Waals surface area contributed by atoms with Gasteiger partial charge in [-0.2, -0.15) is 0 Å². The number of hydrogen-bond acceptors (Lipinski definition) is 5. The normalized spacial score (nSPS) is 11.7. The molecule has 3 rings (SSSR count). The first-order valence-corrected chi connectivity index (χ1v) is 9.27. The maximum absolute atomic E-state index is 12.9. The highest BCUT2D eigenvalue weighted by molar-refractivity contribution is 7.92. The first kappa shape index (κ1) is 17.2. The second kappa shape index (κ2) is 6.03. The molecule has 3 aromatic rings. The van der Waals surface area contributed by atoms with Gasteiger partial charge in [-0.3, -0.25) is 4.72 Å². The van der Waals surface area contributed by atoms with E-state index in [2.05, 4.69) is 19.9 Å². The molecule has 8 heteroatoms. The quantitative estimate of drug-likeness (QED) is 0.742. The molecular weight excluding hydrogens is 340 g/mol. The largest absolute Gasteiger partial charge is 0.420 e. The molecule has 2 N–H and O–H groups in total. The molecule has 0 aliphatic carbocycles. The van der Waals surface area contributed by atoms with Crippen LogP contribution < -0.4 is 4.72 Å². The fraction of sp³-hybridized carbons (Fsp3) is 0.294. The Bertz CT molecular complexity index is 1050. The molecule has 0 radical (unpaired) electrons. The van der Waals surface area contributed by atoms with Gasteiger partial charge in [0.2, 0.25) is 5.89 Å². The zero-order valence-corrected chi connectivity index (χ0v) is 15.6. The van der Waals surface area contributed by atoms with Crippen LogP contribution in [0, 0.1) is 34.6 Å². The third-order valence-corrected chi connectivity index (χ3v) is 5.79. The number of aromatic amines is 1. The molecule has 7 nitrogen and oxygen atoms in total. The first-order chi connectivity index (χ1) is 11.7. The van der Waals surface area contributed by atoms with Gasteiger partial charge in [-0.15, -0.1) is 10.2 Å². The van der Waals surface area contributed by atoms with E-state index in [9.17, 15) is 8.42 Å². The number of H-pyrrole nitrogens is 1. The number of rotatable bonds is 4. The third kappa shape index (κ3) is 3.17. The number of nitrogens with zero attached hydrogens (tertiary/aromatic N) is 2. The van der Waals surface area contributed by atoms with E-state index in [0.29, 0.717) is 28.5 Å². The molecule has 2 aromatic heterocycles. The predicted octanol–water partition coefficient (Wildman–Crippen LogP) is 3.41. The molecule has 0 fully saturated rings. The standard InChI is InChI=1S/C17H20N4O3S/c1-9-6-7-14(8-10(9)2)21-25(22,23)16-11(3)15(18-12(16)4)17-20-19-13(5)24-17/h6-8,18,21H,1-5H3. The fourth-order valence-electron chi connectivity index (χ4n) is 2.76. The smallest absolute Gasteiger partial charge is 0.264 e. The van der Waals surface area contributed by atoms with Gasteiger partial charge in [0.05, 0.1) is 0 Å². The minimum atomic E-state index is -3.76. The van der Waals surface area contributed by atoms with E-state index in [-0.39, 0.29) is 10.8 Å². The number of aromatic nitrogens is 3. The molecule has 0 bridgehead atoms. The molecule has 0 unspecified atom stereocenters. The summed E-state index contributed by atoms with van der Waals surface area (Å²) in [6, 6.07) is 5.45. The number of hydrogen-bond donors (Lipinski definition) is 2. The Morgan fingerprint density at radius 3 is 2.36 bits per heavy atom. The van der Waals surface area contributed by atoms with Gasteiger partial charge in [-0.05, 0) is 51.0 Å². The molecule has 0 spiro atoms. The lowest BCUT2D eigenvalue weighted by Gasteiger charge is -2.10. The summed E-state index contributed by atoms with van der Waals surface area (Å²) in [6.45, 7) is 9.02. The average Bonchev–Trinajstić information content (AvgIpc) is 3.06. The van der Waals surface area contributed by atoms with Crippen LogP contribution in [0.3, 0.4) is 0 Å². The van der Waals surface area contributed by atoms with Gasteiger partial charge in [0, 0.05) is 23.9 Å². The van der Waals surface area contributed by atoms with E-state index < -0.39 is 10.0 Å². The van der Waals surface area contributed by atoms with Crippen LogP contribution >= 0.6 is 0 Å². The Morgan fingerprint density at radius 2 is 1.76 bits per heavy atom. The van der Waals surface area contributed by atoms with Gasteiger partial charge in [0.25, 0.3) is 15.9 Å². The van der Waals surface area contributed by atoms with Gasteiger partial charge in [-0.25, -0.2) is 8.42 Å². The fourth-order valence-corrected chi connectivity index (χ4v) is 4.26. The monoisotopic (exact) mass is 360 g/mol. The zero-order valence-electron chi connectivity index (χ0n) is 14.8. The maximum atomic E-state index is 12.9. The Hall–Kier alpha value is -2.61. The summed E-state index contributed by atoms with van der Waals surface area (Å²) in [5.74, 6) is 0.685. The van der Waals surface area contributed by atoms with Gasteiger partial charge in [0.15, 0.2) is 0 Å². The van der Waals surface area contributed by atoms with Crippen LogP contribution in [0.15, 0.2) is 27.5 Å². The number of nitrogens with one attached hydrogen (secondary N) is 2. The Kier molecular flexibility index (Phi) is 4.16. The zero-order chi connectivity index (χ0) is 18.4. The van der Waals surface area contributed by atoms with Crippen LogP contribution in [0.1, 0.15) is 28.3 Å². The van der Waals surface area contributed by atoms with Crippen molar-refractivity contribution in [1.82, 2.24) is 15.2 Å². The Labute approximate surface area is 146 Å². The molecule has 0 amide bonds. The van der Waals surface area contributed by atoms with Crippen molar-refractivity contribution in [2.45, 2.75) is 39.5 Å². The Balaban J connectivity index is 2.02. The van der Waals surface area contributed by atoms with E-state index in [1.54, 1.807) is 26.8 Å². The third-order valence-electron chi connectivity index (χ3n) is 4.14. The molecule has 0 saturated heterocycles. The second-order valence-electron chi connectivity index (χ2n) is 6.11. The number of anilines is 1. The van der Waals surface area contributed by atoms with E-state index in [0.717, 1.165) is 11.1 Å². The second-order valence-corrected chi connectivity index (χ2v) is 7.73. The highest BCUT2D eigenvalue weighted by Gasteiger charge is 2.26. The molecule has 0 aliphatic heterocycles. The topological polar surface area (TPSA) is 101 Å². The molecule has 0 saturated carbocycles. The molecule has 25 heavy (non-hydrogen) atoms. The molecule has 0 atom stereocenters. The van der Waals surface area contributed by atoms with Crippen LogP contribution in [-0.2, 0) is 10.0 Å². The van der Waals surface area contributed by atoms with Crippen molar-refractivity contribution in [2.24, 2.45) is 0 Å². The molecule has 1 aromatic carbocycles. The van der Waals surface area contributed by atoms with E-state index in [1.807, 2.05) is 26.0 Å². The van der Waals surface area contributed by atoms with Crippen molar-refractivity contribution in [3.63, 3.8) is 0 Å². The molecule has 0 aliphatic rings. The first-order valence-electron chi connectivity index (χ1n) is 7.79. The van der Waals surface area contributed by atoms with Gasteiger partial charge < -0.3 is 9.40 Å². The van der Waals surface area contributed by atoms with Crippen molar-refractivity contribution >= 4 is 15.7 Å². The summed E-state index contributed by atoms with van der Waals surface area (Å²) in [7, 11) is -3.76. The summed E-state index contributed by atoms with van der Waals surface area (Å²) in [5, 5.41) is 7.74. The van der Waals surface area contributed by atoms with Crippen LogP contribution in [0.2, 0.25) is 0 Å². The highest BCUT2D eigenvalue weighted by Crippen LogP contribution is 2.31. The highest BCUT2D eigenvalue weighted by atomic mass is 32.2. The van der Waals surface area contributed by atoms with Crippen molar-refractivity contribution in [1.29, 1.82) is 0 Å². The van der Waals surface area contributed by atoms with Crippen LogP contribution in [-0.4, -0.2) is 23.6 Å². The minimum Gasteiger partial charge on any atom is -0.420 e. The van der Waals surface area contributed by atoms with E-state index >= 15 is 0 Å². The van der Waals surface area contributed by atoms with Gasteiger partial charge in [0.1, 0.15) is 10.6 Å². The van der Waals surface area contributed by atoms with Crippen molar-refractivity contribution in [3.05, 3.63) is 46.5 Å². The Morgan fingerprint density at radius 1 is 1.04 bits per heavy atom.